The number of nitrogens with two attached hydrogens (primary N) is 1. The number of nitrogens with one attached hydrogen (secondary N) is 1. The van der Waals surface area contributed by atoms with Crippen molar-refractivity contribution in [3.63, 3.8) is 0 Å². The minimum absolute atomic E-state index is 0.0165. The first-order valence-corrected chi connectivity index (χ1v) is 25.1. The van der Waals surface area contributed by atoms with Gasteiger partial charge in [-0.3, -0.25) is 23.4 Å². The monoisotopic (exact) mass is 963 g/mol. The van der Waals surface area contributed by atoms with Crippen molar-refractivity contribution in [3.05, 3.63) is 138 Å². The van der Waals surface area contributed by atoms with Gasteiger partial charge in [-0.15, -0.1) is 0 Å². The topological polar surface area (TPSA) is 188 Å². The predicted octanol–water partition coefficient (Wildman–Crippen LogP) is 8.48. The molecule has 10 rings (SSSR count). The van der Waals surface area contributed by atoms with Gasteiger partial charge in [-0.2, -0.15) is 0 Å². The SMILES string of the molecule is CN=[S@](=O)(c1ccc(-n2ccn(C(=Nc3cc(C)c(F)c(C)c3)C3=C(N)CCN(C(=O)c4cc5cc([C@H]6CCOC(C)(C)C6)ccc5n4[C@@]4(c5noc(=O)[nH]5)C[C@@H]4C)[C@H]3C)c2=O)c(Cl)c1)C1CC1. The molecule has 0 spiro atoms. The number of halogens is 2. The molecule has 0 unspecified atom stereocenters. The number of aromatic nitrogens is 5. The highest BCUT2D eigenvalue weighted by Gasteiger charge is 2.59. The van der Waals surface area contributed by atoms with Crippen molar-refractivity contribution in [2.45, 2.75) is 113 Å². The van der Waals surface area contributed by atoms with E-state index in [1.807, 2.05) is 17.6 Å². The van der Waals surface area contributed by atoms with Gasteiger partial charge in [-0.05, 0) is 144 Å². The Bertz CT molecular complexity index is 3360. The highest BCUT2D eigenvalue weighted by molar-refractivity contribution is 7.94. The molecule has 15 nitrogen and oxygen atoms in total. The average molecular weight is 965 g/mol. The molecule has 5 atom stereocenters. The highest BCUT2D eigenvalue weighted by Crippen LogP contribution is 2.56. The fourth-order valence-corrected chi connectivity index (χ4v) is 13.2. The summed E-state index contributed by atoms with van der Waals surface area (Å²) in [6.45, 7) is 12.3. The maximum absolute atomic E-state index is 15.6. The summed E-state index contributed by atoms with van der Waals surface area (Å²) in [5, 5.41) is 5.21. The van der Waals surface area contributed by atoms with Crippen molar-refractivity contribution in [1.29, 1.82) is 0 Å². The molecule has 18 heteroatoms. The van der Waals surface area contributed by atoms with E-state index in [2.05, 4.69) is 53.5 Å². The molecule has 1 amide bonds. The molecule has 5 heterocycles. The number of H-pyrrole nitrogens is 1. The van der Waals surface area contributed by atoms with Crippen molar-refractivity contribution in [3.8, 4) is 5.69 Å². The Balaban J connectivity index is 1.08. The second kappa shape index (κ2) is 16.6. The van der Waals surface area contributed by atoms with E-state index in [0.29, 0.717) is 63.2 Å². The minimum Gasteiger partial charge on any atom is -0.402 e. The Morgan fingerprint density at radius 3 is 2.38 bits per heavy atom. The molecule has 2 saturated carbocycles. The first-order chi connectivity index (χ1) is 32.3. The molecule has 6 aromatic rings. The molecule has 356 valence electrons. The van der Waals surface area contributed by atoms with Crippen LogP contribution >= 0.6 is 11.6 Å². The Labute approximate surface area is 398 Å². The summed E-state index contributed by atoms with van der Waals surface area (Å²) in [6, 6.07) is 15.7. The lowest BCUT2D eigenvalue weighted by molar-refractivity contribution is -0.0592. The summed E-state index contributed by atoms with van der Waals surface area (Å²) in [6.07, 6.45) is 7.32. The molecule has 2 aliphatic carbocycles. The van der Waals surface area contributed by atoms with Crippen LogP contribution in [0.5, 0.6) is 0 Å². The molecule has 68 heavy (non-hydrogen) atoms. The van der Waals surface area contributed by atoms with Crippen LogP contribution in [0.25, 0.3) is 16.6 Å². The van der Waals surface area contributed by atoms with Crippen LogP contribution in [0.15, 0.2) is 107 Å². The molecule has 3 aromatic carbocycles. The molecule has 1 saturated heterocycles. The van der Waals surface area contributed by atoms with E-state index in [1.165, 1.54) is 9.13 Å². The Kier molecular flexibility index (Phi) is 11.2. The molecule has 3 N–H and O–H groups in total. The number of nitrogens with zero attached hydrogens (tertiary/aromatic N) is 7. The number of aliphatic imine (C=N–C) groups is 1. The van der Waals surface area contributed by atoms with E-state index in [0.717, 1.165) is 42.1 Å². The van der Waals surface area contributed by atoms with Gasteiger partial charge in [0, 0.05) is 71.3 Å². The minimum atomic E-state index is -2.67. The summed E-state index contributed by atoms with van der Waals surface area (Å²) in [5.74, 6) is -0.634. The summed E-state index contributed by atoms with van der Waals surface area (Å²) < 4.78 is 49.0. The van der Waals surface area contributed by atoms with E-state index >= 15 is 9.18 Å². The van der Waals surface area contributed by atoms with E-state index in [9.17, 15) is 13.8 Å². The molecule has 0 bridgehead atoms. The van der Waals surface area contributed by atoms with Crippen molar-refractivity contribution in [1.82, 2.24) is 28.7 Å². The van der Waals surface area contributed by atoms with Crippen molar-refractivity contribution in [2.24, 2.45) is 21.0 Å². The number of carbonyl (C=O) groups excluding carboxylic acids is 1. The largest absolute Gasteiger partial charge is 0.438 e. The van der Waals surface area contributed by atoms with E-state index in [-0.39, 0.29) is 58.2 Å². The number of aryl methyl sites for hydroxylation is 2. The zero-order valence-electron chi connectivity index (χ0n) is 39.1. The number of aromatic amines is 1. The number of amides is 1. The number of hydrogen-bond donors (Lipinski definition) is 2. The van der Waals surface area contributed by atoms with Crippen molar-refractivity contribution >= 4 is 49.7 Å². The second-order valence-corrected chi connectivity index (χ2v) is 22.6. The fourth-order valence-electron chi connectivity index (χ4n) is 10.7. The van der Waals surface area contributed by atoms with Crippen LogP contribution in [0.1, 0.15) is 105 Å². The van der Waals surface area contributed by atoms with Gasteiger partial charge >= 0.3 is 11.4 Å². The van der Waals surface area contributed by atoms with Gasteiger partial charge in [-0.25, -0.2) is 27.5 Å². The number of benzene rings is 3. The smallest absolute Gasteiger partial charge is 0.402 e. The van der Waals surface area contributed by atoms with Crippen LogP contribution in [0.3, 0.4) is 0 Å². The zero-order valence-corrected chi connectivity index (χ0v) is 40.7. The summed E-state index contributed by atoms with van der Waals surface area (Å²) in [4.78, 5) is 52.8. The Morgan fingerprint density at radius 1 is 1.01 bits per heavy atom. The van der Waals surface area contributed by atoms with Crippen LogP contribution < -0.4 is 17.2 Å². The number of ether oxygens (including phenoxy) is 1. The van der Waals surface area contributed by atoms with Crippen LogP contribution in [-0.4, -0.2) is 81.8 Å². The third-order valence-corrected chi connectivity index (χ3v) is 17.7. The molecule has 2 aliphatic heterocycles. The molecular weight excluding hydrogens is 909 g/mol. The van der Waals surface area contributed by atoms with E-state index < -0.39 is 32.8 Å². The van der Waals surface area contributed by atoms with Gasteiger partial charge in [0.05, 0.1) is 37.8 Å². The standard InChI is InChI=1S/C50H55ClFN9O6S/c1-27-20-34(21-28(2)43(27)52)55-44(60-18-17-59(48(60)64)40-13-11-36(24-37(40)51)68(65,54-7)35-9-10-35)42-30(4)58(16-14-38(42)53)45(62)41-23-33-22-31(32-15-19-66-49(5,6)26-32)8-12-39(33)61(41)50(25-29(50)3)46-56-47(63)67-57-46/h8,11-13,17-18,20-24,29-30,32,35H,9-10,14-16,19,25-26,53H2,1-7H3,(H,56,57,63)/t29-,30-,32-,50-,68+/m0/s1. The van der Waals surface area contributed by atoms with Crippen LogP contribution in [-0.2, 0) is 20.0 Å². The van der Waals surface area contributed by atoms with Gasteiger partial charge in [-0.1, -0.05) is 29.7 Å². The Hall–Kier alpha value is -6.04. The predicted molar refractivity (Wildman–Crippen MR) is 259 cm³/mol. The third kappa shape index (κ3) is 7.57. The maximum Gasteiger partial charge on any atom is 0.438 e. The second-order valence-electron chi connectivity index (χ2n) is 19.5. The quantitative estimate of drug-likeness (QED) is 0.107. The van der Waals surface area contributed by atoms with E-state index in [4.69, 9.17) is 31.6 Å². The van der Waals surface area contributed by atoms with Gasteiger partial charge in [0.25, 0.3) is 5.91 Å². The summed E-state index contributed by atoms with van der Waals surface area (Å²) in [5.41, 5.74) is 9.94. The number of rotatable bonds is 9. The van der Waals surface area contributed by atoms with Gasteiger partial charge in [0.2, 0.25) is 0 Å². The highest BCUT2D eigenvalue weighted by atomic mass is 35.5. The Morgan fingerprint density at radius 2 is 1.75 bits per heavy atom. The van der Waals surface area contributed by atoms with Crippen LogP contribution in [0.4, 0.5) is 10.1 Å². The lowest BCUT2D eigenvalue weighted by atomic mass is 9.83. The lowest BCUT2D eigenvalue weighted by Crippen LogP contribution is -2.49. The molecule has 3 fully saturated rings. The normalized spacial score (nSPS) is 23.8. The van der Waals surface area contributed by atoms with Crippen molar-refractivity contribution < 1.29 is 22.7 Å². The van der Waals surface area contributed by atoms with Crippen LogP contribution in [0, 0.1) is 25.6 Å². The fraction of sp³-hybridized carbons (Fsp3) is 0.420. The molecular formula is C50H55ClFN9O6S. The number of hydrogen-bond acceptors (Lipinski definition) is 10. The molecule has 0 radical (unpaired) electrons. The number of carbonyl (C=O) groups is 1. The lowest BCUT2D eigenvalue weighted by Gasteiger charge is -2.37. The van der Waals surface area contributed by atoms with Gasteiger partial charge in [0.15, 0.2) is 5.82 Å². The van der Waals surface area contributed by atoms with Gasteiger partial charge in [0.1, 0.15) is 22.9 Å². The number of imidazole rings is 1. The molecule has 4 aliphatic rings. The summed E-state index contributed by atoms with van der Waals surface area (Å²) >= 11 is 6.88. The van der Waals surface area contributed by atoms with E-state index in [1.54, 1.807) is 68.5 Å². The van der Waals surface area contributed by atoms with Crippen LogP contribution in [0.2, 0.25) is 5.02 Å². The first kappa shape index (κ1) is 45.7. The first-order valence-electron chi connectivity index (χ1n) is 23.1. The number of fused-ring (bicyclic) bond motifs is 1. The average Bonchev–Trinajstić information content (AvgIpc) is 4.13. The molecule has 3 aromatic heterocycles. The summed E-state index contributed by atoms with van der Waals surface area (Å²) in [7, 11) is -1.12. The third-order valence-electron chi connectivity index (χ3n) is 14.5. The zero-order chi connectivity index (χ0) is 48.2. The van der Waals surface area contributed by atoms with Gasteiger partial charge < -0.3 is 19.9 Å². The van der Waals surface area contributed by atoms with Crippen molar-refractivity contribution in [2.75, 3.05) is 20.2 Å². The maximum atomic E-state index is 15.6.